The van der Waals surface area contributed by atoms with Crippen molar-refractivity contribution in [3.63, 3.8) is 0 Å². The molecule has 0 aliphatic rings. The van der Waals surface area contributed by atoms with E-state index in [1.807, 2.05) is 0 Å². The number of carboxylic acid groups (broad SMARTS) is 6. The van der Waals surface area contributed by atoms with Crippen molar-refractivity contribution in [2.45, 2.75) is 77.0 Å². The fourth-order valence-corrected chi connectivity index (χ4v) is 1.62. The Kier molecular flexibility index (Phi) is 36.2. The zero-order valence-electron chi connectivity index (χ0n) is 17.1. The summed E-state index contributed by atoms with van der Waals surface area (Å²) < 4.78 is 0. The van der Waals surface area contributed by atoms with E-state index in [0.717, 1.165) is 0 Å². The summed E-state index contributed by atoms with van der Waals surface area (Å²) in [5.41, 5.74) is 0. The second-order valence-corrected chi connectivity index (χ2v) is 5.85. The summed E-state index contributed by atoms with van der Waals surface area (Å²) in [6.45, 7) is 0. The molecule has 0 saturated heterocycles. The van der Waals surface area contributed by atoms with E-state index in [9.17, 15) is 59.4 Å². The molecule has 0 spiro atoms. The van der Waals surface area contributed by atoms with Crippen molar-refractivity contribution < 1.29 is 93.0 Å². The predicted molar refractivity (Wildman–Crippen MR) is 85.4 cm³/mol. The van der Waals surface area contributed by atoms with Crippen LogP contribution in [0, 0.1) is 0 Å². The number of unbranched alkanes of at least 4 members (excludes halogenated alkanes) is 3. The number of rotatable bonds is 15. The Morgan fingerprint density at radius 2 is 0.406 bits per heavy atom. The van der Waals surface area contributed by atoms with Gasteiger partial charge in [-0.05, 0) is 77.0 Å². The maximum absolute atomic E-state index is 9.77. The van der Waals surface area contributed by atoms with E-state index < -0.39 is 35.8 Å². The van der Waals surface area contributed by atoms with Crippen LogP contribution in [0.1, 0.15) is 77.0 Å². The summed E-state index contributed by atoms with van der Waals surface area (Å²) in [5.74, 6) is -6.84. The summed E-state index contributed by atoms with van der Waals surface area (Å²) in [6, 6.07) is 0. The Morgan fingerprint density at radius 1 is 0.312 bits per heavy atom. The smallest absolute Gasteiger partial charge is 0.550 e. The van der Waals surface area contributed by atoms with E-state index in [4.69, 9.17) is 0 Å². The van der Waals surface area contributed by atoms with Crippen molar-refractivity contribution in [1.82, 2.24) is 0 Å². The average molecular weight is 550 g/mol. The molecule has 0 aliphatic heterocycles. The van der Waals surface area contributed by atoms with Gasteiger partial charge in [0.05, 0.1) is 0 Å². The molecule has 0 N–H and O–H groups in total. The third-order valence-electron chi connectivity index (χ3n) is 3.04. The van der Waals surface area contributed by atoms with Gasteiger partial charge in [-0.3, -0.25) is 0 Å². The molecule has 12 nitrogen and oxygen atoms in total. The Bertz CT molecular complexity index is 428. The minimum Gasteiger partial charge on any atom is -0.550 e. The number of hydrogen-bond donors (Lipinski definition) is 0. The van der Waals surface area contributed by atoms with E-state index in [-0.39, 0.29) is 72.1 Å². The fourth-order valence-electron chi connectivity index (χ4n) is 1.62. The van der Waals surface area contributed by atoms with Gasteiger partial charge in [-0.2, -0.15) is 0 Å². The fraction of sp³-hybridized carbons (Fsp3) is 0.667. The Labute approximate surface area is 205 Å². The van der Waals surface area contributed by atoms with Crippen LogP contribution in [-0.2, 0) is 62.3 Å². The zero-order chi connectivity index (χ0) is 23.9. The van der Waals surface area contributed by atoms with Gasteiger partial charge in [0, 0.05) is 35.8 Å². The first-order valence-corrected chi connectivity index (χ1v) is 9.07. The molecule has 0 bridgehead atoms. The van der Waals surface area contributed by atoms with Gasteiger partial charge in [0.2, 0.25) is 0 Å². The molecule has 0 atom stereocenters. The van der Waals surface area contributed by atoms with E-state index in [1.54, 1.807) is 0 Å². The Balaban J connectivity index is -0.000000110. The van der Waals surface area contributed by atoms with Crippen LogP contribution in [0.2, 0.25) is 0 Å². The number of carboxylic acids is 6. The molecule has 0 aromatic rings. The molecular formula is C18H24Co2O12. The normalized spacial score (nSPS) is 8.62. The molecule has 0 fully saturated rings. The van der Waals surface area contributed by atoms with Crippen molar-refractivity contribution in [2.24, 2.45) is 0 Å². The minimum atomic E-state index is -1.14. The summed E-state index contributed by atoms with van der Waals surface area (Å²) in [5, 5.41) is 58.6. The van der Waals surface area contributed by atoms with Crippen molar-refractivity contribution in [1.29, 1.82) is 0 Å². The molecule has 0 heterocycles. The summed E-state index contributed by atoms with van der Waals surface area (Å²) >= 11 is 0. The van der Waals surface area contributed by atoms with Crippen LogP contribution in [0.5, 0.6) is 0 Å². The molecule has 32 heavy (non-hydrogen) atoms. The second kappa shape index (κ2) is 28.8. The first-order valence-electron chi connectivity index (χ1n) is 9.07. The van der Waals surface area contributed by atoms with E-state index in [2.05, 4.69) is 0 Å². The SMILES string of the molecule is O=C([O-])CCCCC(=O)[O-].O=C([O-])CCCCC(=O)[O-].O=C([O-])CCCCC(=O)[O-].[Co+3].[Co+3]. The molecule has 0 aromatic heterocycles. The molecule has 14 heteroatoms. The molecular weight excluding hydrogens is 526 g/mol. The quantitative estimate of drug-likeness (QED) is 0.173. The molecule has 0 aliphatic carbocycles. The molecule has 0 rings (SSSR count). The average Bonchev–Trinajstić information content (AvgIpc) is 2.60. The third-order valence-corrected chi connectivity index (χ3v) is 3.04. The standard InChI is InChI=1S/3C6H10O4.2Co/c3*7-5(8)3-1-2-4-6(9)10;;/h3*1-4H2,(H,7,8)(H,9,10);;/q;;;2*+3/p-6. The predicted octanol–water partition coefficient (Wildman–Crippen LogP) is -5.87. The van der Waals surface area contributed by atoms with Gasteiger partial charge in [0.25, 0.3) is 0 Å². The van der Waals surface area contributed by atoms with Crippen molar-refractivity contribution in [2.75, 3.05) is 0 Å². The summed E-state index contributed by atoms with van der Waals surface area (Å²) in [4.78, 5) is 58.6. The van der Waals surface area contributed by atoms with Gasteiger partial charge < -0.3 is 59.4 Å². The molecule has 0 amide bonds. The van der Waals surface area contributed by atoms with Gasteiger partial charge in [-0.15, -0.1) is 0 Å². The van der Waals surface area contributed by atoms with Crippen LogP contribution < -0.4 is 30.6 Å². The van der Waals surface area contributed by atoms with E-state index in [0.29, 0.717) is 38.5 Å². The van der Waals surface area contributed by atoms with Crippen LogP contribution >= 0.6 is 0 Å². The van der Waals surface area contributed by atoms with Crippen LogP contribution in [-0.4, -0.2) is 35.8 Å². The summed E-state index contributed by atoms with van der Waals surface area (Å²) in [7, 11) is 0. The molecule has 186 valence electrons. The van der Waals surface area contributed by atoms with Gasteiger partial charge >= 0.3 is 33.6 Å². The van der Waals surface area contributed by atoms with Crippen LogP contribution in [0.25, 0.3) is 0 Å². The van der Waals surface area contributed by atoms with Crippen molar-refractivity contribution >= 4 is 35.8 Å². The monoisotopic (exact) mass is 550 g/mol. The van der Waals surface area contributed by atoms with Crippen molar-refractivity contribution in [3.8, 4) is 0 Å². The molecule has 0 aromatic carbocycles. The van der Waals surface area contributed by atoms with Gasteiger partial charge in [-0.1, -0.05) is 0 Å². The Morgan fingerprint density at radius 3 is 0.469 bits per heavy atom. The van der Waals surface area contributed by atoms with Crippen LogP contribution in [0.3, 0.4) is 0 Å². The van der Waals surface area contributed by atoms with E-state index in [1.165, 1.54) is 0 Å². The van der Waals surface area contributed by atoms with Gasteiger partial charge in [0.1, 0.15) is 0 Å². The summed E-state index contributed by atoms with van der Waals surface area (Å²) in [6.07, 6.45) is 1.60. The number of aliphatic carboxylic acids is 6. The molecule has 0 radical (unpaired) electrons. The number of carbonyl (C=O) groups excluding carboxylic acids is 6. The zero-order valence-corrected chi connectivity index (χ0v) is 19.1. The molecule has 0 unspecified atom stereocenters. The first-order chi connectivity index (χ1) is 13.9. The Hall–Kier alpha value is -2.17. The van der Waals surface area contributed by atoms with Crippen molar-refractivity contribution in [3.05, 3.63) is 0 Å². The number of carbonyl (C=O) groups is 6. The largest absolute Gasteiger partial charge is 3.00 e. The topological polar surface area (TPSA) is 241 Å². The van der Waals surface area contributed by atoms with Gasteiger partial charge in [-0.25, -0.2) is 0 Å². The maximum atomic E-state index is 9.77. The second-order valence-electron chi connectivity index (χ2n) is 5.85. The number of hydrogen-bond acceptors (Lipinski definition) is 12. The maximum Gasteiger partial charge on any atom is 3.00 e. The van der Waals surface area contributed by atoms with Crippen LogP contribution in [0.4, 0.5) is 0 Å². The van der Waals surface area contributed by atoms with Crippen LogP contribution in [0.15, 0.2) is 0 Å². The third kappa shape index (κ3) is 56.5. The first kappa shape index (κ1) is 40.2. The van der Waals surface area contributed by atoms with E-state index >= 15 is 0 Å². The molecule has 0 saturated carbocycles. The van der Waals surface area contributed by atoms with Gasteiger partial charge in [0.15, 0.2) is 0 Å². The minimum absolute atomic E-state index is 0.